The standard InChI is InChI=1S/C13H8Cl4FN/c14-9-2-3-10(15)13(17)8(9)6-19-7-1-4-12(18)11(16)5-7/h1-5,19H,6H2. The molecular weight excluding hydrogens is 331 g/mol. The molecule has 0 spiro atoms. The fraction of sp³-hybridized carbons (Fsp3) is 0.0769. The molecule has 0 aliphatic rings. The van der Waals surface area contributed by atoms with E-state index in [0.29, 0.717) is 32.9 Å². The van der Waals surface area contributed by atoms with Crippen molar-refractivity contribution in [1.29, 1.82) is 0 Å². The van der Waals surface area contributed by atoms with Crippen molar-refractivity contribution in [2.75, 3.05) is 5.32 Å². The topological polar surface area (TPSA) is 12.0 Å². The van der Waals surface area contributed by atoms with Crippen molar-refractivity contribution in [1.82, 2.24) is 0 Å². The van der Waals surface area contributed by atoms with E-state index >= 15 is 0 Å². The largest absolute Gasteiger partial charge is 0.381 e. The molecule has 0 radical (unpaired) electrons. The van der Waals surface area contributed by atoms with Crippen LogP contribution in [-0.2, 0) is 6.54 Å². The Kier molecular flexibility index (Phi) is 4.80. The van der Waals surface area contributed by atoms with E-state index in [9.17, 15) is 4.39 Å². The van der Waals surface area contributed by atoms with Crippen LogP contribution in [0.3, 0.4) is 0 Å². The van der Waals surface area contributed by atoms with E-state index in [4.69, 9.17) is 46.4 Å². The number of anilines is 1. The van der Waals surface area contributed by atoms with Gasteiger partial charge in [0.05, 0.1) is 15.1 Å². The second-order valence-electron chi connectivity index (χ2n) is 3.80. The molecule has 0 heterocycles. The van der Waals surface area contributed by atoms with Gasteiger partial charge < -0.3 is 5.32 Å². The predicted molar refractivity (Wildman–Crippen MR) is 80.2 cm³/mol. The second-order valence-corrected chi connectivity index (χ2v) is 5.40. The van der Waals surface area contributed by atoms with Crippen LogP contribution in [0.4, 0.5) is 10.1 Å². The van der Waals surface area contributed by atoms with Crippen LogP contribution in [-0.4, -0.2) is 0 Å². The predicted octanol–water partition coefficient (Wildman–Crippen LogP) is 6.05. The third-order valence-electron chi connectivity index (χ3n) is 2.53. The van der Waals surface area contributed by atoms with Gasteiger partial charge in [-0.3, -0.25) is 0 Å². The molecule has 0 aliphatic heterocycles. The summed E-state index contributed by atoms with van der Waals surface area (Å²) in [5.41, 5.74) is 1.34. The molecule has 100 valence electrons. The van der Waals surface area contributed by atoms with Crippen LogP contribution in [0.2, 0.25) is 20.1 Å². The van der Waals surface area contributed by atoms with Gasteiger partial charge in [-0.25, -0.2) is 4.39 Å². The van der Waals surface area contributed by atoms with Crippen molar-refractivity contribution in [3.8, 4) is 0 Å². The van der Waals surface area contributed by atoms with E-state index in [2.05, 4.69) is 5.32 Å². The van der Waals surface area contributed by atoms with E-state index in [1.165, 1.54) is 12.1 Å². The second kappa shape index (κ2) is 6.19. The lowest BCUT2D eigenvalue weighted by atomic mass is 10.2. The zero-order valence-electron chi connectivity index (χ0n) is 9.48. The highest BCUT2D eigenvalue weighted by atomic mass is 35.5. The number of rotatable bonds is 3. The van der Waals surface area contributed by atoms with Gasteiger partial charge >= 0.3 is 0 Å². The molecule has 2 aromatic rings. The summed E-state index contributed by atoms with van der Waals surface area (Å²) in [6.07, 6.45) is 0. The maximum atomic E-state index is 13.0. The minimum atomic E-state index is -0.467. The van der Waals surface area contributed by atoms with Crippen LogP contribution in [0.1, 0.15) is 5.56 Å². The Hall–Kier alpha value is -0.670. The van der Waals surface area contributed by atoms with Crippen LogP contribution in [0.5, 0.6) is 0 Å². The lowest BCUT2D eigenvalue weighted by molar-refractivity contribution is 0.628. The van der Waals surface area contributed by atoms with Crippen LogP contribution < -0.4 is 5.32 Å². The Morgan fingerprint density at radius 2 is 1.58 bits per heavy atom. The normalized spacial score (nSPS) is 10.6. The molecule has 6 heteroatoms. The Bertz CT molecular complexity index is 616. The van der Waals surface area contributed by atoms with Crippen molar-refractivity contribution in [2.45, 2.75) is 6.54 Å². The molecule has 0 saturated heterocycles. The Balaban J connectivity index is 2.19. The summed E-state index contributed by atoms with van der Waals surface area (Å²) in [4.78, 5) is 0. The fourth-order valence-corrected chi connectivity index (χ4v) is 2.39. The summed E-state index contributed by atoms with van der Waals surface area (Å²) in [5, 5.41) is 4.45. The lowest BCUT2D eigenvalue weighted by Gasteiger charge is -2.11. The van der Waals surface area contributed by atoms with Gasteiger partial charge in [0.15, 0.2) is 0 Å². The lowest BCUT2D eigenvalue weighted by Crippen LogP contribution is -2.01. The highest BCUT2D eigenvalue weighted by Gasteiger charge is 2.09. The molecule has 0 aliphatic carbocycles. The molecule has 2 rings (SSSR count). The van der Waals surface area contributed by atoms with Crippen molar-refractivity contribution in [3.05, 3.63) is 61.8 Å². The first kappa shape index (κ1) is 14.7. The molecule has 1 nitrogen and oxygen atoms in total. The van der Waals surface area contributed by atoms with Crippen LogP contribution in [0, 0.1) is 5.82 Å². The highest BCUT2D eigenvalue weighted by molar-refractivity contribution is 6.44. The van der Waals surface area contributed by atoms with Gasteiger partial charge in [0.25, 0.3) is 0 Å². The average molecular weight is 339 g/mol. The number of benzene rings is 2. The summed E-state index contributed by atoms with van der Waals surface area (Å²) in [6.45, 7) is 0.361. The van der Waals surface area contributed by atoms with Gasteiger partial charge in [-0.1, -0.05) is 46.4 Å². The third-order valence-corrected chi connectivity index (χ3v) is 4.01. The van der Waals surface area contributed by atoms with Crippen LogP contribution in [0.15, 0.2) is 30.3 Å². The molecule has 0 fully saturated rings. The number of nitrogens with one attached hydrogen (secondary N) is 1. The summed E-state index contributed by atoms with van der Waals surface area (Å²) in [5.74, 6) is -0.467. The van der Waals surface area contributed by atoms with Gasteiger partial charge in [0.1, 0.15) is 5.82 Å². The molecule has 0 bridgehead atoms. The van der Waals surface area contributed by atoms with Gasteiger partial charge in [0.2, 0.25) is 0 Å². The zero-order chi connectivity index (χ0) is 14.0. The van der Waals surface area contributed by atoms with E-state index in [-0.39, 0.29) is 5.02 Å². The Labute approximate surface area is 130 Å². The molecule has 0 unspecified atom stereocenters. The SMILES string of the molecule is Fc1ccc(NCc2c(Cl)ccc(Cl)c2Cl)cc1Cl. The van der Waals surface area contributed by atoms with Crippen molar-refractivity contribution in [2.24, 2.45) is 0 Å². The number of hydrogen-bond donors (Lipinski definition) is 1. The molecule has 0 atom stereocenters. The smallest absolute Gasteiger partial charge is 0.141 e. The molecule has 0 aromatic heterocycles. The van der Waals surface area contributed by atoms with E-state index in [0.717, 1.165) is 0 Å². The first-order valence-electron chi connectivity index (χ1n) is 5.30. The monoisotopic (exact) mass is 337 g/mol. The van der Waals surface area contributed by atoms with Crippen LogP contribution in [0.25, 0.3) is 0 Å². The Morgan fingerprint density at radius 3 is 2.26 bits per heavy atom. The summed E-state index contributed by atoms with van der Waals surface area (Å²) in [7, 11) is 0. The Morgan fingerprint density at radius 1 is 0.895 bits per heavy atom. The minimum Gasteiger partial charge on any atom is -0.381 e. The first-order chi connectivity index (χ1) is 8.99. The van der Waals surface area contributed by atoms with E-state index < -0.39 is 5.82 Å². The third kappa shape index (κ3) is 3.46. The first-order valence-corrected chi connectivity index (χ1v) is 6.81. The maximum Gasteiger partial charge on any atom is 0.141 e. The maximum absolute atomic E-state index is 13.0. The summed E-state index contributed by atoms with van der Waals surface area (Å²) >= 11 is 23.8. The van der Waals surface area contributed by atoms with Gasteiger partial charge in [-0.2, -0.15) is 0 Å². The minimum absolute atomic E-state index is 0.0493. The van der Waals surface area contributed by atoms with Crippen LogP contribution >= 0.6 is 46.4 Å². The quantitative estimate of drug-likeness (QED) is 0.671. The number of hydrogen-bond acceptors (Lipinski definition) is 1. The van der Waals surface area contributed by atoms with E-state index in [1.807, 2.05) is 0 Å². The van der Waals surface area contributed by atoms with Crippen molar-refractivity contribution >= 4 is 52.1 Å². The van der Waals surface area contributed by atoms with Crippen molar-refractivity contribution in [3.63, 3.8) is 0 Å². The fourth-order valence-electron chi connectivity index (χ4n) is 1.53. The van der Waals surface area contributed by atoms with Gasteiger partial charge in [0, 0.05) is 22.8 Å². The molecular formula is C13H8Cl4FN. The van der Waals surface area contributed by atoms with Gasteiger partial charge in [-0.05, 0) is 30.3 Å². The van der Waals surface area contributed by atoms with E-state index in [1.54, 1.807) is 18.2 Å². The molecule has 19 heavy (non-hydrogen) atoms. The summed E-state index contributed by atoms with van der Waals surface area (Å²) < 4.78 is 13.0. The van der Waals surface area contributed by atoms with Gasteiger partial charge in [-0.15, -0.1) is 0 Å². The molecule has 1 N–H and O–H groups in total. The summed E-state index contributed by atoms with van der Waals surface area (Å²) in [6, 6.07) is 7.65. The molecule has 0 amide bonds. The van der Waals surface area contributed by atoms with Crippen molar-refractivity contribution < 1.29 is 4.39 Å². The highest BCUT2D eigenvalue weighted by Crippen LogP contribution is 2.32. The zero-order valence-corrected chi connectivity index (χ0v) is 12.5. The molecule has 2 aromatic carbocycles. The number of halogens is 5. The molecule has 0 saturated carbocycles. The average Bonchev–Trinajstić information content (AvgIpc) is 2.38.